The Kier molecular flexibility index (Phi) is 3.20. The van der Waals surface area contributed by atoms with Crippen LogP contribution < -0.4 is 5.11 Å². The number of carboxylic acid groups (broad SMARTS) is 1. The van der Waals surface area contributed by atoms with Gasteiger partial charge in [0.1, 0.15) is 0 Å². The van der Waals surface area contributed by atoms with Gasteiger partial charge in [0.15, 0.2) is 0 Å². The Labute approximate surface area is 73.8 Å². The quantitative estimate of drug-likeness (QED) is 0.523. The number of carbonyl (C=O) groups excluding carboxylic acids is 1. The van der Waals surface area contributed by atoms with Gasteiger partial charge in [-0.25, -0.2) is 13.2 Å². The Morgan fingerprint density at radius 3 is 1.64 bits per heavy atom. The van der Waals surface area contributed by atoms with E-state index in [-0.39, 0.29) is 0 Å². The van der Waals surface area contributed by atoms with Crippen molar-refractivity contribution in [2.45, 2.75) is 18.3 Å². The second-order valence-corrected chi connectivity index (χ2v) is 2.28. The van der Waals surface area contributed by atoms with Gasteiger partial charge in [-0.3, -0.25) is 0 Å². The van der Waals surface area contributed by atoms with Gasteiger partial charge in [0.25, 0.3) is 12.1 Å². The van der Waals surface area contributed by atoms with E-state index >= 15 is 0 Å². The Hall–Kier alpha value is -1.21. The van der Waals surface area contributed by atoms with Gasteiger partial charge in [-0.15, -0.1) is 0 Å². The Morgan fingerprint density at radius 2 is 1.57 bits per heavy atom. The van der Waals surface area contributed by atoms with Gasteiger partial charge in [-0.1, -0.05) is 6.58 Å². The van der Waals surface area contributed by atoms with Crippen molar-refractivity contribution >= 4 is 5.97 Å². The minimum Gasteiger partial charge on any atom is -0.545 e. The zero-order valence-corrected chi connectivity index (χ0v) is 6.37. The van der Waals surface area contributed by atoms with Crippen LogP contribution in [0.5, 0.6) is 0 Å². The summed E-state index contributed by atoms with van der Waals surface area (Å²) in [6.07, 6.45) is -10.6. The van der Waals surface area contributed by atoms with E-state index in [4.69, 9.17) is 0 Å². The number of rotatable bonds is 3. The topological polar surface area (TPSA) is 40.1 Å². The number of carbonyl (C=O) groups is 1. The van der Waals surface area contributed by atoms with Crippen LogP contribution in [0.4, 0.5) is 26.3 Å². The molecule has 0 N–H and O–H groups in total. The summed E-state index contributed by atoms with van der Waals surface area (Å²) in [4.78, 5) is 9.81. The molecule has 0 aromatic carbocycles. The summed E-state index contributed by atoms with van der Waals surface area (Å²) >= 11 is 0. The number of carboxylic acids is 1. The average molecular weight is 221 g/mol. The molecule has 0 spiro atoms. The lowest BCUT2D eigenvalue weighted by atomic mass is 9.97. The van der Waals surface area contributed by atoms with Crippen molar-refractivity contribution < 1.29 is 36.2 Å². The van der Waals surface area contributed by atoms with Crippen molar-refractivity contribution in [1.29, 1.82) is 0 Å². The maximum absolute atomic E-state index is 12.7. The normalized spacial score (nSPS) is 16.5. The second-order valence-electron chi connectivity index (χ2n) is 2.28. The van der Waals surface area contributed by atoms with E-state index in [0.29, 0.717) is 0 Å². The molecule has 0 radical (unpaired) electrons. The predicted octanol–water partition coefficient (Wildman–Crippen LogP) is 0.828. The molecule has 0 aliphatic heterocycles. The van der Waals surface area contributed by atoms with E-state index in [2.05, 4.69) is 6.58 Å². The predicted molar refractivity (Wildman–Crippen MR) is 30.0 cm³/mol. The first-order valence-corrected chi connectivity index (χ1v) is 2.99. The van der Waals surface area contributed by atoms with Crippen LogP contribution in [-0.4, -0.2) is 24.2 Å². The lowest BCUT2D eigenvalue weighted by Crippen LogP contribution is -2.52. The highest BCUT2D eigenvalue weighted by atomic mass is 19.4. The molecule has 0 aromatic rings. The van der Waals surface area contributed by atoms with Crippen LogP contribution in [0.3, 0.4) is 0 Å². The second kappa shape index (κ2) is 3.50. The first-order chi connectivity index (χ1) is 6.05. The fraction of sp³-hybridized carbons (Fsp3) is 0.500. The fourth-order valence-electron chi connectivity index (χ4n) is 0.575. The summed E-state index contributed by atoms with van der Waals surface area (Å²) in [5.74, 6) is -2.72. The summed E-state index contributed by atoms with van der Waals surface area (Å²) in [6, 6.07) is 0. The molecular formula is C6H3F6O2-. The van der Waals surface area contributed by atoms with Gasteiger partial charge in [-0.05, 0) is 0 Å². The van der Waals surface area contributed by atoms with E-state index in [1.807, 2.05) is 0 Å². The zero-order chi connectivity index (χ0) is 11.7. The molecule has 1 unspecified atom stereocenters. The molecule has 0 aliphatic carbocycles. The van der Waals surface area contributed by atoms with Crippen LogP contribution in [-0.2, 0) is 4.79 Å². The number of alkyl halides is 6. The molecule has 2 nitrogen and oxygen atoms in total. The SMILES string of the molecule is C=C(C(=O)[O-])C(F)(C(F)F)C(F)(F)F. The molecule has 14 heavy (non-hydrogen) atoms. The number of halogens is 6. The van der Waals surface area contributed by atoms with Crippen LogP contribution >= 0.6 is 0 Å². The fourth-order valence-corrected chi connectivity index (χ4v) is 0.575. The third-order valence-electron chi connectivity index (χ3n) is 1.40. The van der Waals surface area contributed by atoms with Gasteiger partial charge in [0, 0.05) is 5.57 Å². The molecule has 0 saturated carbocycles. The molecule has 0 aromatic heterocycles. The molecule has 0 aliphatic rings. The van der Waals surface area contributed by atoms with Gasteiger partial charge in [0.2, 0.25) is 0 Å². The Morgan fingerprint density at radius 1 is 1.21 bits per heavy atom. The van der Waals surface area contributed by atoms with E-state index in [1.165, 1.54) is 0 Å². The lowest BCUT2D eigenvalue weighted by Gasteiger charge is -2.29. The van der Waals surface area contributed by atoms with Crippen molar-refractivity contribution in [3.8, 4) is 0 Å². The molecule has 0 saturated heterocycles. The standard InChI is InChI=1S/C6H4F6O2/c1-2(3(13)14)5(9,4(7)8)6(10,11)12/h4H,1H2,(H,13,14)/p-1. The lowest BCUT2D eigenvalue weighted by molar-refractivity contribution is -0.309. The van der Waals surface area contributed by atoms with Gasteiger partial charge < -0.3 is 9.90 Å². The molecule has 1 atom stereocenters. The van der Waals surface area contributed by atoms with Crippen molar-refractivity contribution in [3.05, 3.63) is 12.2 Å². The van der Waals surface area contributed by atoms with Crippen LogP contribution in [0.25, 0.3) is 0 Å². The molecule has 8 heteroatoms. The summed E-state index contributed by atoms with van der Waals surface area (Å²) in [7, 11) is 0. The summed E-state index contributed by atoms with van der Waals surface area (Å²) < 4.78 is 71.4. The van der Waals surface area contributed by atoms with Gasteiger partial charge in [-0.2, -0.15) is 13.2 Å². The van der Waals surface area contributed by atoms with E-state index < -0.39 is 29.8 Å². The minimum atomic E-state index is -6.06. The number of aliphatic carboxylic acids is 1. The van der Waals surface area contributed by atoms with Gasteiger partial charge in [0.05, 0.1) is 5.97 Å². The molecule has 0 bridgehead atoms. The number of hydrogen-bond donors (Lipinski definition) is 0. The van der Waals surface area contributed by atoms with Crippen LogP contribution in [0.1, 0.15) is 0 Å². The third kappa shape index (κ3) is 1.83. The minimum absolute atomic E-state index is 2.08. The van der Waals surface area contributed by atoms with Gasteiger partial charge >= 0.3 is 6.18 Å². The van der Waals surface area contributed by atoms with E-state index in [9.17, 15) is 36.2 Å². The Bertz CT molecular complexity index is 258. The summed E-state index contributed by atoms with van der Waals surface area (Å²) in [5.41, 5.74) is -7.62. The maximum Gasteiger partial charge on any atom is 0.432 e. The van der Waals surface area contributed by atoms with Crippen LogP contribution in [0, 0.1) is 0 Å². The maximum atomic E-state index is 12.7. The highest BCUT2D eigenvalue weighted by Gasteiger charge is 2.64. The van der Waals surface area contributed by atoms with Crippen molar-refractivity contribution in [2.24, 2.45) is 0 Å². The summed E-state index contributed by atoms with van der Waals surface area (Å²) in [6.45, 7) is 2.08. The highest BCUT2D eigenvalue weighted by molar-refractivity contribution is 5.86. The van der Waals surface area contributed by atoms with Crippen molar-refractivity contribution in [3.63, 3.8) is 0 Å². The van der Waals surface area contributed by atoms with E-state index in [1.54, 1.807) is 0 Å². The van der Waals surface area contributed by atoms with Crippen LogP contribution in [0.15, 0.2) is 12.2 Å². The van der Waals surface area contributed by atoms with Crippen molar-refractivity contribution in [1.82, 2.24) is 0 Å². The third-order valence-corrected chi connectivity index (χ3v) is 1.40. The summed E-state index contributed by atoms with van der Waals surface area (Å²) in [5, 5.41) is 9.81. The molecule has 0 rings (SSSR count). The average Bonchev–Trinajstić information content (AvgIpc) is 1.98. The molecule has 0 fully saturated rings. The molecule has 82 valence electrons. The highest BCUT2D eigenvalue weighted by Crippen LogP contribution is 2.43. The molecule has 0 heterocycles. The molecule has 0 amide bonds. The largest absolute Gasteiger partial charge is 0.545 e. The first-order valence-electron chi connectivity index (χ1n) is 2.99. The monoisotopic (exact) mass is 221 g/mol. The van der Waals surface area contributed by atoms with Crippen molar-refractivity contribution in [2.75, 3.05) is 0 Å². The Balaban J connectivity index is 5.34. The smallest absolute Gasteiger partial charge is 0.432 e. The number of hydrogen-bond acceptors (Lipinski definition) is 2. The van der Waals surface area contributed by atoms with Crippen LogP contribution in [0.2, 0.25) is 0 Å². The molecular weight excluding hydrogens is 218 g/mol. The zero-order valence-electron chi connectivity index (χ0n) is 6.37. The first kappa shape index (κ1) is 12.8. The van der Waals surface area contributed by atoms with E-state index in [0.717, 1.165) is 0 Å².